The first kappa shape index (κ1) is 15.1. The lowest BCUT2D eigenvalue weighted by Gasteiger charge is -2.15. The van der Waals surface area contributed by atoms with Crippen LogP contribution in [0.1, 0.15) is 10.4 Å². The summed E-state index contributed by atoms with van der Waals surface area (Å²) in [5.74, 6) is 0. The summed E-state index contributed by atoms with van der Waals surface area (Å²) in [6.07, 6.45) is 4.01. The van der Waals surface area contributed by atoms with Crippen LogP contribution in [0, 0.1) is 0 Å². The van der Waals surface area contributed by atoms with Crippen molar-refractivity contribution in [3.05, 3.63) is 47.1 Å². The van der Waals surface area contributed by atoms with E-state index >= 15 is 0 Å². The molecule has 2 rings (SSSR count). The monoisotopic (exact) mass is 311 g/mol. The van der Waals surface area contributed by atoms with Crippen molar-refractivity contribution in [3.63, 3.8) is 0 Å². The van der Waals surface area contributed by atoms with Crippen molar-refractivity contribution < 1.29 is 8.42 Å². The summed E-state index contributed by atoms with van der Waals surface area (Å²) < 4.78 is 26.6. The summed E-state index contributed by atoms with van der Waals surface area (Å²) in [5, 5.41) is 0. The highest BCUT2D eigenvalue weighted by molar-refractivity contribution is 7.91. The molecule has 0 radical (unpaired) electrons. The SMILES string of the molecule is CN(Cc1ccncc1)S(=O)(=O)c1ccc(CCN)s1. The van der Waals surface area contributed by atoms with E-state index in [0.29, 0.717) is 23.7 Å². The Bertz CT molecular complexity index is 653. The fourth-order valence-corrected chi connectivity index (χ4v) is 4.50. The molecule has 2 aromatic heterocycles. The second kappa shape index (κ2) is 6.45. The summed E-state index contributed by atoms with van der Waals surface area (Å²) in [7, 11) is -1.86. The van der Waals surface area contributed by atoms with E-state index in [1.807, 2.05) is 6.07 Å². The number of sulfonamides is 1. The van der Waals surface area contributed by atoms with E-state index in [9.17, 15) is 8.42 Å². The third-order valence-corrected chi connectivity index (χ3v) is 6.26. The smallest absolute Gasteiger partial charge is 0.252 e. The van der Waals surface area contributed by atoms with Gasteiger partial charge in [0.05, 0.1) is 0 Å². The first-order valence-corrected chi connectivity index (χ1v) is 8.43. The molecule has 0 bridgehead atoms. The molecule has 0 saturated heterocycles. The van der Waals surface area contributed by atoms with Crippen LogP contribution in [0.2, 0.25) is 0 Å². The van der Waals surface area contributed by atoms with Gasteiger partial charge in [-0.1, -0.05) is 0 Å². The van der Waals surface area contributed by atoms with Crippen LogP contribution in [-0.4, -0.2) is 31.3 Å². The lowest BCUT2D eigenvalue weighted by Crippen LogP contribution is -2.25. The van der Waals surface area contributed by atoms with Gasteiger partial charge >= 0.3 is 0 Å². The third-order valence-electron chi connectivity index (χ3n) is 2.85. The van der Waals surface area contributed by atoms with Crippen molar-refractivity contribution in [2.45, 2.75) is 17.2 Å². The fraction of sp³-hybridized carbons (Fsp3) is 0.308. The van der Waals surface area contributed by atoms with Gasteiger partial charge in [0.25, 0.3) is 10.0 Å². The molecule has 20 heavy (non-hydrogen) atoms. The van der Waals surface area contributed by atoms with Crippen LogP contribution >= 0.6 is 11.3 Å². The van der Waals surface area contributed by atoms with Gasteiger partial charge in [0.2, 0.25) is 0 Å². The maximum absolute atomic E-state index is 12.4. The number of nitrogens with two attached hydrogens (primary N) is 1. The minimum absolute atomic E-state index is 0.328. The number of nitrogens with zero attached hydrogens (tertiary/aromatic N) is 2. The number of rotatable bonds is 6. The number of hydrogen-bond donors (Lipinski definition) is 1. The fourth-order valence-electron chi connectivity index (χ4n) is 1.76. The van der Waals surface area contributed by atoms with Gasteiger partial charge in [0.1, 0.15) is 4.21 Å². The molecule has 0 spiro atoms. The molecule has 0 fully saturated rings. The van der Waals surface area contributed by atoms with Gasteiger partial charge < -0.3 is 5.73 Å². The van der Waals surface area contributed by atoms with Gasteiger partial charge in [-0.05, 0) is 42.8 Å². The van der Waals surface area contributed by atoms with Crippen molar-refractivity contribution in [3.8, 4) is 0 Å². The molecule has 0 saturated carbocycles. The van der Waals surface area contributed by atoms with E-state index in [4.69, 9.17) is 5.73 Å². The third kappa shape index (κ3) is 3.43. The average Bonchev–Trinajstić information content (AvgIpc) is 2.89. The molecule has 0 aromatic carbocycles. The predicted octanol–water partition coefficient (Wildman–Crippen LogP) is 1.47. The Morgan fingerprint density at radius 3 is 2.60 bits per heavy atom. The van der Waals surface area contributed by atoms with Crippen LogP contribution in [-0.2, 0) is 23.0 Å². The first-order chi connectivity index (χ1) is 9.54. The van der Waals surface area contributed by atoms with E-state index in [0.717, 1.165) is 10.4 Å². The Balaban J connectivity index is 2.16. The van der Waals surface area contributed by atoms with E-state index in [1.165, 1.54) is 15.6 Å². The van der Waals surface area contributed by atoms with Crippen molar-refractivity contribution in [2.24, 2.45) is 5.73 Å². The molecular weight excluding hydrogens is 294 g/mol. The topological polar surface area (TPSA) is 76.3 Å². The quantitative estimate of drug-likeness (QED) is 0.876. The van der Waals surface area contributed by atoms with E-state index in [2.05, 4.69) is 4.98 Å². The standard InChI is InChI=1S/C13H17N3O2S2/c1-16(10-11-5-8-15-9-6-11)20(17,18)13-3-2-12(19-13)4-7-14/h2-3,5-6,8-9H,4,7,10,14H2,1H3. The number of thiophene rings is 1. The van der Waals surface area contributed by atoms with Crippen LogP contribution < -0.4 is 5.73 Å². The maximum atomic E-state index is 12.4. The van der Waals surface area contributed by atoms with Gasteiger partial charge in [0.15, 0.2) is 0 Å². The van der Waals surface area contributed by atoms with Crippen molar-refractivity contribution >= 4 is 21.4 Å². The minimum Gasteiger partial charge on any atom is -0.330 e. The zero-order valence-electron chi connectivity index (χ0n) is 11.2. The summed E-state index contributed by atoms with van der Waals surface area (Å²) in [6.45, 7) is 0.849. The molecule has 2 aromatic rings. The Hall–Kier alpha value is -1.28. The van der Waals surface area contributed by atoms with Gasteiger partial charge in [-0.2, -0.15) is 4.31 Å². The molecule has 108 valence electrons. The molecule has 0 aliphatic rings. The highest BCUT2D eigenvalue weighted by Gasteiger charge is 2.22. The van der Waals surface area contributed by atoms with Crippen LogP contribution in [0.3, 0.4) is 0 Å². The van der Waals surface area contributed by atoms with E-state index in [1.54, 1.807) is 37.6 Å². The molecule has 7 heteroatoms. The zero-order valence-corrected chi connectivity index (χ0v) is 12.8. The maximum Gasteiger partial charge on any atom is 0.252 e. The van der Waals surface area contributed by atoms with Gasteiger partial charge in [-0.3, -0.25) is 4.98 Å². The van der Waals surface area contributed by atoms with Crippen molar-refractivity contribution in [1.82, 2.24) is 9.29 Å². The second-order valence-corrected chi connectivity index (χ2v) is 7.82. The van der Waals surface area contributed by atoms with Crippen LogP contribution in [0.4, 0.5) is 0 Å². The zero-order chi connectivity index (χ0) is 14.6. The molecule has 2 N–H and O–H groups in total. The molecule has 0 aliphatic carbocycles. The average molecular weight is 311 g/mol. The Kier molecular flexibility index (Phi) is 4.87. The summed E-state index contributed by atoms with van der Waals surface area (Å²) in [5.41, 5.74) is 6.39. The molecule has 5 nitrogen and oxygen atoms in total. The van der Waals surface area contributed by atoms with Crippen molar-refractivity contribution in [1.29, 1.82) is 0 Å². The first-order valence-electron chi connectivity index (χ1n) is 6.18. The number of aromatic nitrogens is 1. The Morgan fingerprint density at radius 2 is 1.95 bits per heavy atom. The molecular formula is C13H17N3O2S2. The van der Waals surface area contributed by atoms with Gasteiger partial charge in [0, 0.05) is 30.9 Å². The molecule has 0 atom stereocenters. The van der Waals surface area contributed by atoms with Gasteiger partial charge in [-0.15, -0.1) is 11.3 Å². The lowest BCUT2D eigenvalue weighted by molar-refractivity contribution is 0.468. The van der Waals surface area contributed by atoms with Crippen molar-refractivity contribution in [2.75, 3.05) is 13.6 Å². The summed E-state index contributed by atoms with van der Waals surface area (Å²) in [6, 6.07) is 7.08. The normalized spacial score (nSPS) is 11.9. The number of hydrogen-bond acceptors (Lipinski definition) is 5. The molecule has 0 amide bonds. The Morgan fingerprint density at radius 1 is 1.25 bits per heavy atom. The van der Waals surface area contributed by atoms with Crippen LogP contribution in [0.15, 0.2) is 40.9 Å². The lowest BCUT2D eigenvalue weighted by atomic mass is 10.3. The van der Waals surface area contributed by atoms with Gasteiger partial charge in [-0.25, -0.2) is 8.42 Å². The highest BCUT2D eigenvalue weighted by Crippen LogP contribution is 2.25. The highest BCUT2D eigenvalue weighted by atomic mass is 32.2. The minimum atomic E-state index is -3.44. The molecule has 0 aliphatic heterocycles. The molecule has 2 heterocycles. The van der Waals surface area contributed by atoms with Crippen LogP contribution in [0.5, 0.6) is 0 Å². The Labute approximate surface area is 123 Å². The predicted molar refractivity (Wildman–Crippen MR) is 80.0 cm³/mol. The van der Waals surface area contributed by atoms with E-state index < -0.39 is 10.0 Å². The number of pyridine rings is 1. The molecule has 0 unspecified atom stereocenters. The summed E-state index contributed by atoms with van der Waals surface area (Å²) >= 11 is 1.28. The van der Waals surface area contributed by atoms with Crippen LogP contribution in [0.25, 0.3) is 0 Å². The second-order valence-electron chi connectivity index (χ2n) is 4.38. The largest absolute Gasteiger partial charge is 0.330 e. The van der Waals surface area contributed by atoms with E-state index in [-0.39, 0.29) is 0 Å². The summed E-state index contributed by atoms with van der Waals surface area (Å²) in [4.78, 5) is 4.91.